The number of benzene rings is 1. The molecule has 1 atom stereocenters. The largest absolute Gasteiger partial charge is 0.382 e. The van der Waals surface area contributed by atoms with E-state index < -0.39 is 0 Å². The summed E-state index contributed by atoms with van der Waals surface area (Å²) >= 11 is 0. The van der Waals surface area contributed by atoms with E-state index in [-0.39, 0.29) is 6.04 Å². The highest BCUT2D eigenvalue weighted by atomic mass is 15.5. The maximum absolute atomic E-state index is 4.13. The second-order valence-corrected chi connectivity index (χ2v) is 6.16. The van der Waals surface area contributed by atoms with Crippen LogP contribution in [0.3, 0.4) is 0 Å². The summed E-state index contributed by atoms with van der Waals surface area (Å²) in [6.07, 6.45) is 2.28. The summed E-state index contributed by atoms with van der Waals surface area (Å²) in [6.45, 7) is 6.44. The standard InChI is InChI=1S/C16H24N6/c1-12-5-4-6-15(11-12)17-14-7-9-22(10-8-14)13(2)16-18-19-20-21(16)3/h4-6,11,13-14,17H,7-10H2,1-3H3/t13-/m0/s1. The zero-order chi connectivity index (χ0) is 15.5. The predicted molar refractivity (Wildman–Crippen MR) is 86.6 cm³/mol. The second-order valence-electron chi connectivity index (χ2n) is 6.16. The lowest BCUT2D eigenvalue weighted by Gasteiger charge is -2.35. The third-order valence-corrected chi connectivity index (χ3v) is 4.49. The van der Waals surface area contributed by atoms with Crippen LogP contribution in [0.1, 0.15) is 37.2 Å². The Morgan fingerprint density at radius 2 is 2.05 bits per heavy atom. The zero-order valence-electron chi connectivity index (χ0n) is 13.5. The van der Waals surface area contributed by atoms with Gasteiger partial charge in [0.15, 0.2) is 5.82 Å². The maximum Gasteiger partial charge on any atom is 0.167 e. The topological polar surface area (TPSA) is 58.9 Å². The Labute approximate surface area is 131 Å². The third-order valence-electron chi connectivity index (χ3n) is 4.49. The molecule has 0 bridgehead atoms. The average molecular weight is 300 g/mol. The molecule has 0 radical (unpaired) electrons. The van der Waals surface area contributed by atoms with Crippen molar-refractivity contribution in [1.82, 2.24) is 25.1 Å². The fourth-order valence-corrected chi connectivity index (χ4v) is 3.16. The lowest BCUT2D eigenvalue weighted by Crippen LogP contribution is -2.41. The minimum atomic E-state index is 0.264. The van der Waals surface area contributed by atoms with Crippen LogP contribution in [0.2, 0.25) is 0 Å². The Hall–Kier alpha value is -1.95. The fraction of sp³-hybridized carbons (Fsp3) is 0.562. The van der Waals surface area contributed by atoms with E-state index in [2.05, 4.69) is 63.9 Å². The number of nitrogens with one attached hydrogen (secondary N) is 1. The van der Waals surface area contributed by atoms with Gasteiger partial charge in [0.05, 0.1) is 6.04 Å². The molecule has 1 aromatic carbocycles. The van der Waals surface area contributed by atoms with Gasteiger partial charge in [0.25, 0.3) is 0 Å². The van der Waals surface area contributed by atoms with Crippen molar-refractivity contribution in [2.45, 2.75) is 38.8 Å². The second kappa shape index (κ2) is 6.44. The van der Waals surface area contributed by atoms with Crippen LogP contribution in [-0.2, 0) is 7.05 Å². The highest BCUT2D eigenvalue weighted by molar-refractivity contribution is 5.46. The highest BCUT2D eigenvalue weighted by Crippen LogP contribution is 2.24. The smallest absolute Gasteiger partial charge is 0.167 e. The lowest BCUT2D eigenvalue weighted by molar-refractivity contribution is 0.159. The predicted octanol–water partition coefficient (Wildman–Crippen LogP) is 2.16. The summed E-state index contributed by atoms with van der Waals surface area (Å²) in [7, 11) is 1.90. The monoisotopic (exact) mass is 300 g/mol. The molecule has 118 valence electrons. The van der Waals surface area contributed by atoms with Crippen LogP contribution in [0.5, 0.6) is 0 Å². The Balaban J connectivity index is 1.55. The minimum Gasteiger partial charge on any atom is -0.382 e. The number of hydrogen-bond donors (Lipinski definition) is 1. The van der Waals surface area contributed by atoms with Crippen molar-refractivity contribution in [3.8, 4) is 0 Å². The van der Waals surface area contributed by atoms with Crippen LogP contribution in [0.25, 0.3) is 0 Å². The van der Waals surface area contributed by atoms with E-state index in [9.17, 15) is 0 Å². The molecule has 22 heavy (non-hydrogen) atoms. The van der Waals surface area contributed by atoms with Gasteiger partial charge in [-0.25, -0.2) is 4.68 Å². The van der Waals surface area contributed by atoms with Crippen LogP contribution in [0.4, 0.5) is 5.69 Å². The average Bonchev–Trinajstić information content (AvgIpc) is 2.93. The number of rotatable bonds is 4. The van der Waals surface area contributed by atoms with Gasteiger partial charge >= 0.3 is 0 Å². The number of aromatic nitrogens is 4. The number of anilines is 1. The number of tetrazole rings is 1. The van der Waals surface area contributed by atoms with Gasteiger partial charge in [-0.2, -0.15) is 0 Å². The normalized spacial score (nSPS) is 18.3. The third kappa shape index (κ3) is 3.27. The quantitative estimate of drug-likeness (QED) is 0.937. The molecule has 1 fully saturated rings. The molecule has 0 spiro atoms. The minimum absolute atomic E-state index is 0.264. The molecular weight excluding hydrogens is 276 g/mol. The Bertz CT molecular complexity index is 615. The van der Waals surface area contributed by atoms with E-state index in [1.807, 2.05) is 7.05 Å². The number of piperidine rings is 1. The maximum atomic E-state index is 4.13. The van der Waals surface area contributed by atoms with E-state index in [0.717, 1.165) is 31.8 Å². The van der Waals surface area contributed by atoms with Crippen LogP contribution >= 0.6 is 0 Å². The number of nitrogens with zero attached hydrogens (tertiary/aromatic N) is 5. The van der Waals surface area contributed by atoms with Crippen LogP contribution < -0.4 is 5.32 Å². The summed E-state index contributed by atoms with van der Waals surface area (Å²) in [5, 5.41) is 15.5. The van der Waals surface area contributed by atoms with Gasteiger partial charge in [-0.15, -0.1) is 5.10 Å². The Kier molecular flexibility index (Phi) is 4.38. The van der Waals surface area contributed by atoms with Gasteiger partial charge in [-0.1, -0.05) is 12.1 Å². The molecule has 0 unspecified atom stereocenters. The number of likely N-dealkylation sites (tertiary alicyclic amines) is 1. The van der Waals surface area contributed by atoms with E-state index in [1.54, 1.807) is 4.68 Å². The van der Waals surface area contributed by atoms with Crippen molar-refractivity contribution >= 4 is 5.69 Å². The van der Waals surface area contributed by atoms with Gasteiger partial charge in [0, 0.05) is 31.9 Å². The van der Waals surface area contributed by atoms with E-state index >= 15 is 0 Å². The van der Waals surface area contributed by atoms with Gasteiger partial charge in [-0.3, -0.25) is 4.90 Å². The fourth-order valence-electron chi connectivity index (χ4n) is 3.16. The molecule has 0 saturated carbocycles. The molecule has 1 saturated heterocycles. The van der Waals surface area contributed by atoms with Crippen LogP contribution in [0.15, 0.2) is 24.3 Å². The number of hydrogen-bond acceptors (Lipinski definition) is 5. The first-order valence-electron chi connectivity index (χ1n) is 7.93. The molecular formula is C16H24N6. The van der Waals surface area contributed by atoms with E-state index in [0.29, 0.717) is 6.04 Å². The molecule has 0 amide bonds. The summed E-state index contributed by atoms with van der Waals surface area (Å²) in [5.74, 6) is 0.935. The molecule has 1 aliphatic heterocycles. The highest BCUT2D eigenvalue weighted by Gasteiger charge is 2.26. The molecule has 2 aromatic rings. The van der Waals surface area contributed by atoms with E-state index in [1.165, 1.54) is 11.3 Å². The Morgan fingerprint density at radius 3 is 2.68 bits per heavy atom. The number of aryl methyl sites for hydroxylation is 2. The van der Waals surface area contributed by atoms with Crippen molar-refractivity contribution in [3.63, 3.8) is 0 Å². The summed E-state index contributed by atoms with van der Waals surface area (Å²) in [6, 6.07) is 9.40. The van der Waals surface area contributed by atoms with Crippen molar-refractivity contribution < 1.29 is 0 Å². The first-order valence-corrected chi connectivity index (χ1v) is 7.93. The van der Waals surface area contributed by atoms with Crippen LogP contribution in [-0.4, -0.2) is 44.2 Å². The van der Waals surface area contributed by atoms with Crippen molar-refractivity contribution in [2.75, 3.05) is 18.4 Å². The lowest BCUT2D eigenvalue weighted by atomic mass is 10.0. The van der Waals surface area contributed by atoms with Gasteiger partial charge in [-0.05, 0) is 54.8 Å². The van der Waals surface area contributed by atoms with Gasteiger partial charge < -0.3 is 5.32 Å². The SMILES string of the molecule is Cc1cccc(NC2CCN([C@@H](C)c3nnnn3C)CC2)c1. The molecule has 3 rings (SSSR count). The van der Waals surface area contributed by atoms with Crippen molar-refractivity contribution in [1.29, 1.82) is 0 Å². The van der Waals surface area contributed by atoms with Gasteiger partial charge in [0.2, 0.25) is 0 Å². The molecule has 0 aliphatic carbocycles. The van der Waals surface area contributed by atoms with Crippen LogP contribution in [0, 0.1) is 6.92 Å². The molecule has 2 heterocycles. The summed E-state index contributed by atoms with van der Waals surface area (Å²) in [5.41, 5.74) is 2.52. The Morgan fingerprint density at radius 1 is 1.27 bits per heavy atom. The molecule has 1 N–H and O–H groups in total. The van der Waals surface area contributed by atoms with Gasteiger partial charge in [0.1, 0.15) is 0 Å². The van der Waals surface area contributed by atoms with Crippen molar-refractivity contribution in [2.24, 2.45) is 7.05 Å². The first-order chi connectivity index (χ1) is 10.6. The van der Waals surface area contributed by atoms with E-state index in [4.69, 9.17) is 0 Å². The zero-order valence-corrected chi connectivity index (χ0v) is 13.5. The molecule has 6 heteroatoms. The molecule has 1 aromatic heterocycles. The first kappa shape index (κ1) is 15.0. The van der Waals surface area contributed by atoms with Crippen molar-refractivity contribution in [3.05, 3.63) is 35.7 Å². The molecule has 1 aliphatic rings. The summed E-state index contributed by atoms with van der Waals surface area (Å²) in [4.78, 5) is 2.46. The molecule has 6 nitrogen and oxygen atoms in total. The summed E-state index contributed by atoms with van der Waals surface area (Å²) < 4.78 is 1.77.